The van der Waals surface area contributed by atoms with E-state index in [1.54, 1.807) is 25.2 Å². The standard InChI is InChI=1S/C23H19FN6O5/c1-29-21-15(10-26-29)23(33)30(11-25-21)7-6-20(31)28-17-9-14(3-4-16(17)24)27-22(32)13-2-5-18-19(8-13)35-12-34-18/h2-5,8-11H,6-7,12H2,1H3,(H,27,32)(H,28,31). The summed E-state index contributed by atoms with van der Waals surface area (Å²) < 4.78 is 27.6. The number of nitrogens with one attached hydrogen (secondary N) is 2. The van der Waals surface area contributed by atoms with E-state index in [1.807, 2.05) is 0 Å². The zero-order valence-electron chi connectivity index (χ0n) is 18.4. The van der Waals surface area contributed by atoms with Crippen molar-refractivity contribution in [2.24, 2.45) is 7.05 Å². The highest BCUT2D eigenvalue weighted by atomic mass is 19.1. The van der Waals surface area contributed by atoms with Crippen molar-refractivity contribution >= 4 is 34.2 Å². The summed E-state index contributed by atoms with van der Waals surface area (Å²) in [4.78, 5) is 41.7. The number of fused-ring (bicyclic) bond motifs is 2. The van der Waals surface area contributed by atoms with Crippen LogP contribution < -0.4 is 25.7 Å². The molecule has 4 aromatic rings. The zero-order valence-corrected chi connectivity index (χ0v) is 18.4. The smallest absolute Gasteiger partial charge is 0.264 e. The van der Waals surface area contributed by atoms with E-state index in [9.17, 15) is 18.8 Å². The molecule has 1 aliphatic heterocycles. The first-order valence-electron chi connectivity index (χ1n) is 10.6. The number of hydrogen-bond acceptors (Lipinski definition) is 7. The summed E-state index contributed by atoms with van der Waals surface area (Å²) in [5.41, 5.74) is 0.625. The van der Waals surface area contributed by atoms with Crippen molar-refractivity contribution in [1.82, 2.24) is 19.3 Å². The summed E-state index contributed by atoms with van der Waals surface area (Å²) >= 11 is 0. The van der Waals surface area contributed by atoms with Crippen LogP contribution in [0.2, 0.25) is 0 Å². The van der Waals surface area contributed by atoms with E-state index in [-0.39, 0.29) is 36.7 Å². The third kappa shape index (κ3) is 4.40. The first-order chi connectivity index (χ1) is 16.9. The van der Waals surface area contributed by atoms with Gasteiger partial charge in [-0.2, -0.15) is 5.10 Å². The summed E-state index contributed by atoms with van der Waals surface area (Å²) in [6.45, 7) is 0.134. The highest BCUT2D eigenvalue weighted by molar-refractivity contribution is 6.05. The number of halogens is 1. The van der Waals surface area contributed by atoms with Crippen molar-refractivity contribution in [3.05, 3.63) is 70.7 Å². The van der Waals surface area contributed by atoms with Crippen LogP contribution in [0, 0.1) is 5.82 Å². The second kappa shape index (κ2) is 8.89. The fourth-order valence-electron chi connectivity index (χ4n) is 3.60. The summed E-state index contributed by atoms with van der Waals surface area (Å²) in [7, 11) is 1.67. The Kier molecular flexibility index (Phi) is 5.61. The number of nitrogens with zero attached hydrogens (tertiary/aromatic N) is 4. The van der Waals surface area contributed by atoms with E-state index < -0.39 is 17.6 Å². The fourth-order valence-corrected chi connectivity index (χ4v) is 3.60. The molecule has 12 heteroatoms. The Bertz CT molecular complexity index is 1530. The predicted molar refractivity (Wildman–Crippen MR) is 123 cm³/mol. The lowest BCUT2D eigenvalue weighted by Gasteiger charge is -2.11. The number of aromatic nitrogens is 4. The minimum atomic E-state index is -0.671. The molecule has 3 heterocycles. The summed E-state index contributed by atoms with van der Waals surface area (Å²) in [5.74, 6) is -0.616. The third-order valence-electron chi connectivity index (χ3n) is 5.43. The molecule has 2 aromatic carbocycles. The molecule has 178 valence electrons. The lowest BCUT2D eigenvalue weighted by molar-refractivity contribution is -0.116. The topological polar surface area (TPSA) is 129 Å². The van der Waals surface area contributed by atoms with Crippen LogP contribution in [-0.4, -0.2) is 37.9 Å². The van der Waals surface area contributed by atoms with Crippen LogP contribution in [0.3, 0.4) is 0 Å². The Morgan fingerprint density at radius 1 is 1.11 bits per heavy atom. The molecule has 2 amide bonds. The van der Waals surface area contributed by atoms with E-state index in [4.69, 9.17) is 9.47 Å². The van der Waals surface area contributed by atoms with Crippen molar-refractivity contribution in [1.29, 1.82) is 0 Å². The molecule has 0 unspecified atom stereocenters. The molecule has 0 saturated carbocycles. The Hall–Kier alpha value is -4.74. The van der Waals surface area contributed by atoms with Crippen LogP contribution in [0.25, 0.3) is 11.0 Å². The Morgan fingerprint density at radius 3 is 2.80 bits per heavy atom. The second-order valence-corrected chi connectivity index (χ2v) is 7.76. The largest absolute Gasteiger partial charge is 0.454 e. The van der Waals surface area contributed by atoms with E-state index in [0.29, 0.717) is 28.1 Å². The third-order valence-corrected chi connectivity index (χ3v) is 5.43. The average molecular weight is 478 g/mol. The maximum Gasteiger partial charge on any atom is 0.264 e. The molecule has 0 atom stereocenters. The summed E-state index contributed by atoms with van der Waals surface area (Å²) in [6, 6.07) is 8.58. The number of ether oxygens (including phenoxy) is 2. The maximum atomic E-state index is 14.3. The van der Waals surface area contributed by atoms with Crippen LogP contribution in [-0.2, 0) is 18.4 Å². The average Bonchev–Trinajstić information content (AvgIpc) is 3.47. The van der Waals surface area contributed by atoms with Gasteiger partial charge in [0.1, 0.15) is 11.2 Å². The molecule has 1 aliphatic rings. The number of amides is 2. The molecule has 0 fully saturated rings. The van der Waals surface area contributed by atoms with Gasteiger partial charge in [-0.3, -0.25) is 23.6 Å². The van der Waals surface area contributed by atoms with Crippen molar-refractivity contribution < 1.29 is 23.5 Å². The van der Waals surface area contributed by atoms with Crippen molar-refractivity contribution in [3.63, 3.8) is 0 Å². The van der Waals surface area contributed by atoms with Crippen LogP contribution in [0.1, 0.15) is 16.8 Å². The van der Waals surface area contributed by atoms with Crippen molar-refractivity contribution in [3.8, 4) is 11.5 Å². The number of carbonyl (C=O) groups is 2. The zero-order chi connectivity index (χ0) is 24.5. The van der Waals surface area contributed by atoms with Crippen LogP contribution in [0.4, 0.5) is 15.8 Å². The molecule has 11 nitrogen and oxygen atoms in total. The fraction of sp³-hybridized carbons (Fsp3) is 0.174. The van der Waals surface area contributed by atoms with E-state index in [1.165, 1.54) is 33.9 Å². The molecule has 5 rings (SSSR count). The van der Waals surface area contributed by atoms with Gasteiger partial charge in [0.25, 0.3) is 11.5 Å². The van der Waals surface area contributed by atoms with Gasteiger partial charge in [0.2, 0.25) is 12.7 Å². The number of hydrogen-bond donors (Lipinski definition) is 2. The van der Waals surface area contributed by atoms with Gasteiger partial charge in [-0.05, 0) is 36.4 Å². The predicted octanol–water partition coefficient (Wildman–Crippen LogP) is 2.28. The number of carbonyl (C=O) groups excluding carboxylic acids is 2. The highest BCUT2D eigenvalue weighted by Crippen LogP contribution is 2.32. The minimum absolute atomic E-state index is 0.0463. The maximum absolute atomic E-state index is 14.3. The van der Waals surface area contributed by atoms with Gasteiger partial charge in [0.05, 0.1) is 18.2 Å². The van der Waals surface area contributed by atoms with Gasteiger partial charge >= 0.3 is 0 Å². The highest BCUT2D eigenvalue weighted by Gasteiger charge is 2.17. The van der Waals surface area contributed by atoms with Gasteiger partial charge in [-0.1, -0.05) is 0 Å². The van der Waals surface area contributed by atoms with Crippen LogP contribution >= 0.6 is 0 Å². The summed E-state index contributed by atoms with van der Waals surface area (Å²) in [5, 5.41) is 9.47. The first kappa shape index (κ1) is 22.1. The molecular weight excluding hydrogens is 459 g/mol. The second-order valence-electron chi connectivity index (χ2n) is 7.76. The molecule has 0 aliphatic carbocycles. The van der Waals surface area contributed by atoms with E-state index >= 15 is 0 Å². The lowest BCUT2D eigenvalue weighted by atomic mass is 10.1. The van der Waals surface area contributed by atoms with Gasteiger partial charge < -0.3 is 20.1 Å². The molecule has 0 bridgehead atoms. The molecule has 0 spiro atoms. The quantitative estimate of drug-likeness (QED) is 0.435. The Balaban J connectivity index is 1.24. The SMILES string of the molecule is Cn1ncc2c(=O)n(CCC(=O)Nc3cc(NC(=O)c4ccc5c(c4)OCO5)ccc3F)cnc21. The Morgan fingerprint density at radius 2 is 1.94 bits per heavy atom. The molecule has 2 aromatic heterocycles. The lowest BCUT2D eigenvalue weighted by Crippen LogP contribution is -2.23. The van der Waals surface area contributed by atoms with Gasteiger partial charge in [-0.25, -0.2) is 9.37 Å². The van der Waals surface area contributed by atoms with Crippen molar-refractivity contribution in [2.75, 3.05) is 17.4 Å². The summed E-state index contributed by atoms with van der Waals surface area (Å²) in [6.07, 6.45) is 2.66. The number of benzene rings is 2. The van der Waals surface area contributed by atoms with E-state index in [2.05, 4.69) is 20.7 Å². The normalized spacial score (nSPS) is 12.1. The number of anilines is 2. The van der Waals surface area contributed by atoms with Gasteiger partial charge in [0, 0.05) is 31.3 Å². The molecule has 35 heavy (non-hydrogen) atoms. The van der Waals surface area contributed by atoms with E-state index in [0.717, 1.165) is 6.07 Å². The number of aryl methyl sites for hydroxylation is 2. The molecule has 0 saturated heterocycles. The van der Waals surface area contributed by atoms with Crippen molar-refractivity contribution in [2.45, 2.75) is 13.0 Å². The van der Waals surface area contributed by atoms with Gasteiger partial charge in [0.15, 0.2) is 17.1 Å². The molecule has 0 radical (unpaired) electrons. The Labute approximate surface area is 197 Å². The number of rotatable bonds is 6. The van der Waals surface area contributed by atoms with Crippen LogP contribution in [0.15, 0.2) is 53.7 Å². The molecular formula is C23H19FN6O5. The monoisotopic (exact) mass is 478 g/mol. The van der Waals surface area contributed by atoms with Crippen LogP contribution in [0.5, 0.6) is 11.5 Å². The van der Waals surface area contributed by atoms with Gasteiger partial charge in [-0.15, -0.1) is 0 Å². The first-order valence-corrected chi connectivity index (χ1v) is 10.6. The molecule has 2 N–H and O–H groups in total. The minimum Gasteiger partial charge on any atom is -0.454 e.